The van der Waals surface area contributed by atoms with Gasteiger partial charge in [-0.1, -0.05) is 39.5 Å². The molecule has 0 bridgehead atoms. The van der Waals surface area contributed by atoms with E-state index in [9.17, 15) is 19.5 Å². The Bertz CT molecular complexity index is 1160. The summed E-state index contributed by atoms with van der Waals surface area (Å²) in [6.07, 6.45) is 8.93. The topological polar surface area (TPSA) is 108 Å². The molecule has 1 amide bonds. The van der Waals surface area contributed by atoms with Crippen LogP contribution >= 0.6 is 0 Å². The van der Waals surface area contributed by atoms with Gasteiger partial charge in [-0.2, -0.15) is 5.10 Å². The van der Waals surface area contributed by atoms with E-state index in [0.29, 0.717) is 41.6 Å². The second kappa shape index (κ2) is 9.77. The molecule has 3 saturated carbocycles. The van der Waals surface area contributed by atoms with Crippen molar-refractivity contribution in [1.29, 1.82) is 0 Å². The molecule has 4 unspecified atom stereocenters. The molecule has 2 N–H and O–H groups in total. The summed E-state index contributed by atoms with van der Waals surface area (Å²) in [5.74, 6) is -0.707. The highest BCUT2D eigenvalue weighted by atomic mass is 16.3. The SMILES string of the molecule is CCC1=NN(C(C)C2CCCC2)C(=O)/C1=C1/C(=O)C(c2c(CC)[nH]n(C(C)C3CCCC3)c2=O)C1O. The lowest BCUT2D eigenvalue weighted by Gasteiger charge is -2.35. The van der Waals surface area contributed by atoms with Gasteiger partial charge in [-0.15, -0.1) is 0 Å². The summed E-state index contributed by atoms with van der Waals surface area (Å²) < 4.78 is 1.67. The number of rotatable bonds is 7. The van der Waals surface area contributed by atoms with Crippen LogP contribution < -0.4 is 5.56 Å². The Labute approximate surface area is 212 Å². The van der Waals surface area contributed by atoms with Crippen LogP contribution in [-0.4, -0.2) is 49.4 Å². The molecule has 8 heteroatoms. The maximum atomic E-state index is 13.5. The molecule has 3 aliphatic carbocycles. The summed E-state index contributed by atoms with van der Waals surface area (Å²) in [6.45, 7) is 7.94. The van der Waals surface area contributed by atoms with Gasteiger partial charge < -0.3 is 5.11 Å². The van der Waals surface area contributed by atoms with E-state index in [0.717, 1.165) is 25.7 Å². The Balaban J connectivity index is 1.46. The highest BCUT2D eigenvalue weighted by Crippen LogP contribution is 2.43. The zero-order valence-corrected chi connectivity index (χ0v) is 22.0. The fourth-order valence-electron chi connectivity index (χ4n) is 7.03. The van der Waals surface area contributed by atoms with Gasteiger partial charge in [0.25, 0.3) is 11.5 Å². The van der Waals surface area contributed by atoms with Crippen molar-refractivity contribution in [3.8, 4) is 0 Å². The van der Waals surface area contributed by atoms with Crippen LogP contribution in [0.3, 0.4) is 0 Å². The maximum Gasteiger partial charge on any atom is 0.276 e. The summed E-state index contributed by atoms with van der Waals surface area (Å²) in [6, 6.07) is -0.0199. The van der Waals surface area contributed by atoms with E-state index >= 15 is 0 Å². The summed E-state index contributed by atoms with van der Waals surface area (Å²) in [5, 5.41) is 20.7. The molecule has 3 fully saturated rings. The molecule has 0 aromatic carbocycles. The van der Waals surface area contributed by atoms with Gasteiger partial charge in [-0.3, -0.25) is 19.5 Å². The number of amides is 1. The van der Waals surface area contributed by atoms with Gasteiger partial charge >= 0.3 is 0 Å². The first-order valence-corrected chi connectivity index (χ1v) is 14.0. The third-order valence-electron chi connectivity index (χ3n) is 9.35. The highest BCUT2D eigenvalue weighted by Gasteiger charge is 2.53. The van der Waals surface area contributed by atoms with Crippen molar-refractivity contribution in [2.45, 2.75) is 116 Å². The van der Waals surface area contributed by atoms with Gasteiger partial charge in [-0.05, 0) is 64.2 Å². The van der Waals surface area contributed by atoms with E-state index in [4.69, 9.17) is 0 Å². The number of aryl methyl sites for hydroxylation is 1. The molecule has 36 heavy (non-hydrogen) atoms. The summed E-state index contributed by atoms with van der Waals surface area (Å²) >= 11 is 0. The van der Waals surface area contributed by atoms with Gasteiger partial charge in [0.1, 0.15) is 0 Å². The van der Waals surface area contributed by atoms with Gasteiger partial charge in [0.15, 0.2) is 5.78 Å². The third kappa shape index (κ3) is 3.83. The molecule has 5 rings (SSSR count). The molecule has 0 spiro atoms. The van der Waals surface area contributed by atoms with Crippen molar-refractivity contribution in [1.82, 2.24) is 14.8 Å². The molecule has 196 valence electrons. The van der Waals surface area contributed by atoms with Crippen LogP contribution in [0.25, 0.3) is 0 Å². The van der Waals surface area contributed by atoms with Gasteiger partial charge in [0.2, 0.25) is 0 Å². The molecule has 1 aliphatic heterocycles. The third-order valence-corrected chi connectivity index (χ3v) is 9.35. The first-order valence-electron chi connectivity index (χ1n) is 14.0. The van der Waals surface area contributed by atoms with Crippen LogP contribution in [0, 0.1) is 11.8 Å². The molecule has 4 atom stereocenters. The second-order valence-electron chi connectivity index (χ2n) is 11.2. The number of hydrogen-bond acceptors (Lipinski definition) is 5. The number of nitrogens with zero attached hydrogens (tertiary/aromatic N) is 3. The number of aromatic nitrogens is 2. The molecule has 8 nitrogen and oxygen atoms in total. The minimum Gasteiger partial charge on any atom is -0.387 e. The Morgan fingerprint density at radius 3 is 2.06 bits per heavy atom. The standard InChI is InChI=1S/C28H40N4O4/c1-5-19-21(27(35)31(29-19)15(3)17-11-7-8-12-17)23-25(33)24(26(23)34)22-20(6-2)30-32(28(22)36)16(4)18-13-9-10-14-18/h15-18,23,25,29,33H,5-14H2,1-4H3/b24-22+. The number of H-pyrrole nitrogens is 1. The lowest BCUT2D eigenvalue weighted by atomic mass is 9.68. The number of ketones is 1. The van der Waals surface area contributed by atoms with Crippen molar-refractivity contribution in [2.24, 2.45) is 16.9 Å². The summed E-state index contributed by atoms with van der Waals surface area (Å²) in [5.41, 5.74) is 1.79. The number of aliphatic hydroxyl groups excluding tert-OH is 1. The number of Topliss-reactive ketones (excluding diaryl/α,β-unsaturated/α-hetero) is 1. The van der Waals surface area contributed by atoms with Gasteiger partial charge in [-0.25, -0.2) is 9.69 Å². The average molecular weight is 497 g/mol. The Kier molecular flexibility index (Phi) is 6.83. The fraction of sp³-hybridized carbons (Fsp3) is 0.714. The van der Waals surface area contributed by atoms with E-state index in [2.05, 4.69) is 17.1 Å². The molecule has 0 saturated heterocycles. The number of hydrazone groups is 1. The Morgan fingerprint density at radius 2 is 1.53 bits per heavy atom. The molecule has 1 aromatic heterocycles. The number of carbonyl (C=O) groups excluding carboxylic acids is 2. The van der Waals surface area contributed by atoms with Crippen LogP contribution in [0.4, 0.5) is 0 Å². The van der Waals surface area contributed by atoms with E-state index < -0.39 is 12.0 Å². The largest absolute Gasteiger partial charge is 0.387 e. The number of aliphatic hydroxyl groups is 1. The zero-order valence-electron chi connectivity index (χ0n) is 22.0. The monoisotopic (exact) mass is 496 g/mol. The maximum absolute atomic E-state index is 13.5. The smallest absolute Gasteiger partial charge is 0.276 e. The normalized spacial score (nSPS) is 29.2. The number of nitrogens with one attached hydrogen (secondary N) is 1. The van der Waals surface area contributed by atoms with Crippen LogP contribution in [0.5, 0.6) is 0 Å². The first-order chi connectivity index (χ1) is 17.3. The molecule has 1 aromatic rings. The van der Waals surface area contributed by atoms with E-state index in [-0.39, 0.29) is 40.5 Å². The van der Waals surface area contributed by atoms with Gasteiger partial charge in [0.05, 0.1) is 41.0 Å². The predicted octanol–water partition coefficient (Wildman–Crippen LogP) is 4.00. The lowest BCUT2D eigenvalue weighted by Crippen LogP contribution is -2.48. The van der Waals surface area contributed by atoms with Crippen LogP contribution in [0.1, 0.15) is 109 Å². The highest BCUT2D eigenvalue weighted by molar-refractivity contribution is 6.30. The predicted molar refractivity (Wildman–Crippen MR) is 138 cm³/mol. The number of aromatic amines is 1. The Morgan fingerprint density at radius 1 is 0.944 bits per heavy atom. The molecule has 0 radical (unpaired) electrons. The molecule has 2 heterocycles. The molecular formula is C28H40N4O4. The fourth-order valence-corrected chi connectivity index (χ4v) is 7.03. The minimum atomic E-state index is -1.18. The lowest BCUT2D eigenvalue weighted by molar-refractivity contribution is -0.131. The molecular weight excluding hydrogens is 456 g/mol. The van der Waals surface area contributed by atoms with Crippen molar-refractivity contribution in [3.63, 3.8) is 0 Å². The van der Waals surface area contributed by atoms with E-state index in [1.165, 1.54) is 30.7 Å². The van der Waals surface area contributed by atoms with Crippen molar-refractivity contribution in [2.75, 3.05) is 0 Å². The number of carbonyl (C=O) groups is 2. The summed E-state index contributed by atoms with van der Waals surface area (Å²) in [4.78, 5) is 40.6. The van der Waals surface area contributed by atoms with Crippen molar-refractivity contribution < 1.29 is 14.7 Å². The first kappa shape index (κ1) is 25.2. The molecule has 4 aliphatic rings. The van der Waals surface area contributed by atoms with E-state index in [1.54, 1.807) is 4.68 Å². The zero-order chi connectivity index (χ0) is 25.7. The van der Waals surface area contributed by atoms with Crippen molar-refractivity contribution >= 4 is 17.4 Å². The minimum absolute atomic E-state index is 0.0186. The van der Waals surface area contributed by atoms with Crippen molar-refractivity contribution in [3.05, 3.63) is 32.8 Å². The van der Waals surface area contributed by atoms with Crippen LogP contribution in [-0.2, 0) is 16.0 Å². The second-order valence-corrected chi connectivity index (χ2v) is 11.2. The van der Waals surface area contributed by atoms with Crippen LogP contribution in [0.15, 0.2) is 21.0 Å². The summed E-state index contributed by atoms with van der Waals surface area (Å²) in [7, 11) is 0. The number of hydrogen-bond donors (Lipinski definition) is 2. The van der Waals surface area contributed by atoms with E-state index in [1.807, 2.05) is 20.8 Å². The Hall–Kier alpha value is -2.48. The average Bonchev–Trinajstić information content (AvgIpc) is 3.68. The van der Waals surface area contributed by atoms with Gasteiger partial charge in [0, 0.05) is 11.3 Å². The quantitative estimate of drug-likeness (QED) is 0.556. The van der Waals surface area contributed by atoms with Crippen LogP contribution in [0.2, 0.25) is 0 Å².